The van der Waals surface area contributed by atoms with Gasteiger partial charge in [0.1, 0.15) is 5.65 Å². The summed E-state index contributed by atoms with van der Waals surface area (Å²) in [6.45, 7) is 2.09. The first kappa shape index (κ1) is 15.5. The molecule has 4 heterocycles. The molecule has 0 aliphatic rings. The predicted octanol–water partition coefficient (Wildman–Crippen LogP) is 4.76. The lowest BCUT2D eigenvalue weighted by atomic mass is 10.0. The Hall–Kier alpha value is -3.73. The lowest BCUT2D eigenvalue weighted by molar-refractivity contribution is 1.09. The van der Waals surface area contributed by atoms with Crippen LogP contribution < -0.4 is 0 Å². The van der Waals surface area contributed by atoms with Gasteiger partial charge in [0.2, 0.25) is 0 Å². The number of hydrogen-bond acceptors (Lipinski definition) is 3. The van der Waals surface area contributed by atoms with Gasteiger partial charge < -0.3 is 0 Å². The molecule has 1 aromatic carbocycles. The molecule has 5 nitrogen and oxygen atoms in total. The molecule has 0 aliphatic carbocycles. The highest BCUT2D eigenvalue weighted by molar-refractivity contribution is 5.81. The summed E-state index contributed by atoms with van der Waals surface area (Å²) in [6.07, 6.45) is 7.62. The number of nitrogens with one attached hydrogen (secondary N) is 1. The van der Waals surface area contributed by atoms with Gasteiger partial charge in [-0.1, -0.05) is 29.8 Å². The van der Waals surface area contributed by atoms with Crippen LogP contribution in [-0.4, -0.2) is 24.6 Å². The molecule has 5 rings (SSSR count). The van der Waals surface area contributed by atoms with Crippen LogP contribution in [0.4, 0.5) is 0 Å². The number of hydrogen-bond donors (Lipinski definition) is 1. The van der Waals surface area contributed by atoms with E-state index in [-0.39, 0.29) is 0 Å². The Labute approximate surface area is 156 Å². The summed E-state index contributed by atoms with van der Waals surface area (Å²) < 4.78 is 2.07. The molecule has 4 aromatic heterocycles. The minimum absolute atomic E-state index is 0.889. The van der Waals surface area contributed by atoms with Crippen molar-refractivity contribution in [3.8, 4) is 33.8 Å². The number of aryl methyl sites for hydroxylation is 1. The number of pyridine rings is 2. The fourth-order valence-corrected chi connectivity index (χ4v) is 3.37. The van der Waals surface area contributed by atoms with Crippen molar-refractivity contribution in [2.24, 2.45) is 0 Å². The maximum Gasteiger partial charge on any atom is 0.137 e. The minimum Gasteiger partial charge on any atom is -0.298 e. The monoisotopic (exact) mass is 351 g/mol. The molecule has 130 valence electrons. The zero-order chi connectivity index (χ0) is 18.2. The number of aromatic amines is 1. The van der Waals surface area contributed by atoms with Crippen molar-refractivity contribution in [2.45, 2.75) is 6.92 Å². The summed E-state index contributed by atoms with van der Waals surface area (Å²) in [5, 5.41) is 7.44. The topological polar surface area (TPSA) is 58.9 Å². The first-order chi connectivity index (χ1) is 13.3. The summed E-state index contributed by atoms with van der Waals surface area (Å²) in [6, 6.07) is 18.4. The summed E-state index contributed by atoms with van der Waals surface area (Å²) in [7, 11) is 0. The van der Waals surface area contributed by atoms with Crippen LogP contribution in [-0.2, 0) is 0 Å². The molecule has 27 heavy (non-hydrogen) atoms. The molecule has 0 saturated carbocycles. The molecule has 0 saturated heterocycles. The Balaban J connectivity index is 1.66. The predicted molar refractivity (Wildman–Crippen MR) is 106 cm³/mol. The Kier molecular flexibility index (Phi) is 3.57. The first-order valence-electron chi connectivity index (χ1n) is 8.79. The van der Waals surface area contributed by atoms with Gasteiger partial charge in [-0.2, -0.15) is 5.10 Å². The smallest absolute Gasteiger partial charge is 0.137 e. The second-order valence-corrected chi connectivity index (χ2v) is 6.53. The number of H-pyrrole nitrogens is 1. The second kappa shape index (κ2) is 6.21. The molecule has 5 heteroatoms. The lowest BCUT2D eigenvalue weighted by Gasteiger charge is -2.07. The summed E-state index contributed by atoms with van der Waals surface area (Å²) >= 11 is 0. The van der Waals surface area contributed by atoms with Crippen LogP contribution in [0, 0.1) is 6.92 Å². The molecule has 0 fully saturated rings. The van der Waals surface area contributed by atoms with Crippen LogP contribution in [0.2, 0.25) is 0 Å². The summed E-state index contributed by atoms with van der Waals surface area (Å²) in [5.74, 6) is 0. The van der Waals surface area contributed by atoms with E-state index >= 15 is 0 Å². The van der Waals surface area contributed by atoms with E-state index in [4.69, 9.17) is 0 Å². The molecule has 0 radical (unpaired) electrons. The van der Waals surface area contributed by atoms with E-state index in [1.807, 2.05) is 36.7 Å². The van der Waals surface area contributed by atoms with E-state index in [1.54, 1.807) is 6.20 Å². The molecule has 0 bridgehead atoms. The minimum atomic E-state index is 0.889. The van der Waals surface area contributed by atoms with Crippen LogP contribution in [0.25, 0.3) is 39.4 Å². The summed E-state index contributed by atoms with van der Waals surface area (Å²) in [4.78, 5) is 8.97. The Morgan fingerprint density at radius 1 is 0.889 bits per heavy atom. The van der Waals surface area contributed by atoms with Gasteiger partial charge in [0.25, 0.3) is 0 Å². The summed E-state index contributed by atoms with van der Waals surface area (Å²) in [5.41, 5.74) is 8.23. The quantitative estimate of drug-likeness (QED) is 0.510. The molecule has 0 spiro atoms. The van der Waals surface area contributed by atoms with Crippen LogP contribution in [0.1, 0.15) is 5.56 Å². The zero-order valence-electron chi connectivity index (χ0n) is 14.8. The number of imidazole rings is 1. The third-order valence-electron chi connectivity index (χ3n) is 4.69. The molecular weight excluding hydrogens is 334 g/mol. The number of benzene rings is 1. The van der Waals surface area contributed by atoms with Crippen molar-refractivity contribution < 1.29 is 0 Å². The van der Waals surface area contributed by atoms with Crippen molar-refractivity contribution in [3.63, 3.8) is 0 Å². The average Bonchev–Trinajstić information content (AvgIpc) is 3.35. The van der Waals surface area contributed by atoms with Gasteiger partial charge in [-0.25, -0.2) is 4.98 Å². The van der Waals surface area contributed by atoms with Crippen molar-refractivity contribution in [1.29, 1.82) is 0 Å². The van der Waals surface area contributed by atoms with Crippen LogP contribution in [0.5, 0.6) is 0 Å². The van der Waals surface area contributed by atoms with E-state index in [0.29, 0.717) is 0 Å². The van der Waals surface area contributed by atoms with Crippen LogP contribution in [0.15, 0.2) is 79.4 Å². The normalized spacial score (nSPS) is 11.1. The van der Waals surface area contributed by atoms with E-state index in [9.17, 15) is 0 Å². The van der Waals surface area contributed by atoms with Gasteiger partial charge >= 0.3 is 0 Å². The van der Waals surface area contributed by atoms with Crippen LogP contribution in [0.3, 0.4) is 0 Å². The average molecular weight is 351 g/mol. The SMILES string of the molecule is Cc1cccc(-c2[nH]ncc2-c2ccc3ncc(-c4ccccn4)n3c2)c1. The highest BCUT2D eigenvalue weighted by Gasteiger charge is 2.13. The third-order valence-corrected chi connectivity index (χ3v) is 4.69. The number of aromatic nitrogens is 5. The van der Waals surface area contributed by atoms with E-state index in [0.717, 1.165) is 39.4 Å². The van der Waals surface area contributed by atoms with Gasteiger partial charge in [-0.3, -0.25) is 14.5 Å². The molecule has 1 N–H and O–H groups in total. The van der Waals surface area contributed by atoms with Gasteiger partial charge in [0.05, 0.1) is 29.5 Å². The molecule has 5 aromatic rings. The molecule has 0 amide bonds. The highest BCUT2D eigenvalue weighted by atomic mass is 15.1. The standard InChI is InChI=1S/C22H17N5/c1-15-5-4-6-16(11-15)22-18(12-25-26-22)17-8-9-21-24-13-20(27(21)14-17)19-7-2-3-10-23-19/h2-14H,1H3,(H,25,26). The third kappa shape index (κ3) is 2.69. The second-order valence-electron chi connectivity index (χ2n) is 6.53. The lowest BCUT2D eigenvalue weighted by Crippen LogP contribution is -1.92. The zero-order valence-corrected chi connectivity index (χ0v) is 14.8. The molecular formula is C22H17N5. The molecule has 0 unspecified atom stereocenters. The van der Waals surface area contributed by atoms with Crippen LogP contribution >= 0.6 is 0 Å². The number of nitrogens with zero attached hydrogens (tertiary/aromatic N) is 4. The fourth-order valence-electron chi connectivity index (χ4n) is 3.37. The van der Waals surface area contributed by atoms with E-state index < -0.39 is 0 Å². The maximum atomic E-state index is 4.51. The van der Waals surface area contributed by atoms with Crippen molar-refractivity contribution in [1.82, 2.24) is 24.6 Å². The molecule has 0 atom stereocenters. The Morgan fingerprint density at radius 3 is 2.70 bits per heavy atom. The largest absolute Gasteiger partial charge is 0.298 e. The van der Waals surface area contributed by atoms with E-state index in [1.165, 1.54) is 5.56 Å². The van der Waals surface area contributed by atoms with E-state index in [2.05, 4.69) is 68.0 Å². The fraction of sp³-hybridized carbons (Fsp3) is 0.0455. The number of rotatable bonds is 3. The van der Waals surface area contributed by atoms with Gasteiger partial charge in [0, 0.05) is 29.1 Å². The molecule has 0 aliphatic heterocycles. The Bertz CT molecular complexity index is 1230. The Morgan fingerprint density at radius 2 is 1.85 bits per heavy atom. The van der Waals surface area contributed by atoms with Crippen molar-refractivity contribution >= 4 is 5.65 Å². The van der Waals surface area contributed by atoms with Gasteiger partial charge in [-0.05, 0) is 37.3 Å². The van der Waals surface area contributed by atoms with Crippen molar-refractivity contribution in [3.05, 3.63) is 84.9 Å². The van der Waals surface area contributed by atoms with Crippen molar-refractivity contribution in [2.75, 3.05) is 0 Å². The van der Waals surface area contributed by atoms with Gasteiger partial charge in [-0.15, -0.1) is 0 Å². The first-order valence-corrected chi connectivity index (χ1v) is 8.79. The highest BCUT2D eigenvalue weighted by Crippen LogP contribution is 2.31. The maximum absolute atomic E-state index is 4.51. The van der Waals surface area contributed by atoms with Gasteiger partial charge in [0.15, 0.2) is 0 Å². The number of fused-ring (bicyclic) bond motifs is 1.